The Morgan fingerprint density at radius 2 is 1.83 bits per heavy atom. The first-order valence-corrected chi connectivity index (χ1v) is 7.14. The van der Waals surface area contributed by atoms with Crippen molar-refractivity contribution in [2.45, 2.75) is 0 Å². The number of methoxy groups -OCH3 is 2. The van der Waals surface area contributed by atoms with Crippen molar-refractivity contribution in [2.75, 3.05) is 14.2 Å². The molecule has 0 aliphatic carbocycles. The fraction of sp³-hybridized carbons (Fsp3) is 0.111. The average Bonchev–Trinajstić information content (AvgIpc) is 2.97. The summed E-state index contributed by atoms with van der Waals surface area (Å²) in [6.07, 6.45) is 1.57. The first-order valence-electron chi connectivity index (χ1n) is 7.14. The molecule has 122 valence electrons. The maximum Gasteiger partial charge on any atom is 0.363 e. The van der Waals surface area contributed by atoms with Gasteiger partial charge in [0.05, 0.1) is 14.2 Å². The minimum Gasteiger partial charge on any atom is -0.504 e. The van der Waals surface area contributed by atoms with E-state index >= 15 is 0 Å². The van der Waals surface area contributed by atoms with E-state index in [1.165, 1.54) is 13.2 Å². The van der Waals surface area contributed by atoms with Crippen LogP contribution in [-0.2, 0) is 9.53 Å². The van der Waals surface area contributed by atoms with Crippen LogP contribution >= 0.6 is 0 Å². The number of ether oxygens (including phenoxy) is 3. The van der Waals surface area contributed by atoms with Crippen LogP contribution in [0.3, 0.4) is 0 Å². The summed E-state index contributed by atoms with van der Waals surface area (Å²) in [4.78, 5) is 16.2. The van der Waals surface area contributed by atoms with Crippen LogP contribution in [0.25, 0.3) is 6.08 Å². The fourth-order valence-electron chi connectivity index (χ4n) is 2.21. The van der Waals surface area contributed by atoms with Crippen LogP contribution < -0.4 is 9.47 Å². The third-order valence-electron chi connectivity index (χ3n) is 3.46. The maximum atomic E-state index is 12.0. The molecule has 2 aromatic rings. The molecule has 0 unspecified atom stereocenters. The van der Waals surface area contributed by atoms with Crippen molar-refractivity contribution in [3.8, 4) is 17.2 Å². The normalized spacial score (nSPS) is 15.2. The highest BCUT2D eigenvalue weighted by Gasteiger charge is 2.24. The molecule has 0 spiro atoms. The highest BCUT2D eigenvalue weighted by Crippen LogP contribution is 2.28. The van der Waals surface area contributed by atoms with E-state index in [0.717, 1.165) is 0 Å². The topological polar surface area (TPSA) is 77.4 Å². The van der Waals surface area contributed by atoms with Gasteiger partial charge in [-0.05, 0) is 48.0 Å². The number of hydrogen-bond acceptors (Lipinski definition) is 6. The molecule has 6 heteroatoms. The van der Waals surface area contributed by atoms with E-state index in [2.05, 4.69) is 4.99 Å². The van der Waals surface area contributed by atoms with Gasteiger partial charge < -0.3 is 19.3 Å². The van der Waals surface area contributed by atoms with E-state index in [1.54, 1.807) is 49.6 Å². The number of benzene rings is 2. The first kappa shape index (κ1) is 15.6. The van der Waals surface area contributed by atoms with Gasteiger partial charge in [0.15, 0.2) is 17.2 Å². The number of aromatic hydroxyl groups is 1. The summed E-state index contributed by atoms with van der Waals surface area (Å²) in [6, 6.07) is 11.8. The van der Waals surface area contributed by atoms with Crippen molar-refractivity contribution < 1.29 is 24.1 Å². The summed E-state index contributed by atoms with van der Waals surface area (Å²) >= 11 is 0. The Morgan fingerprint density at radius 1 is 1.08 bits per heavy atom. The summed E-state index contributed by atoms with van der Waals surface area (Å²) in [6.45, 7) is 0. The number of carbonyl (C=O) groups excluding carboxylic acids is 1. The lowest BCUT2D eigenvalue weighted by Crippen LogP contribution is -2.05. The van der Waals surface area contributed by atoms with E-state index < -0.39 is 5.97 Å². The van der Waals surface area contributed by atoms with Gasteiger partial charge in [-0.25, -0.2) is 9.79 Å². The predicted molar refractivity (Wildman–Crippen MR) is 88.3 cm³/mol. The molecule has 3 rings (SSSR count). The highest BCUT2D eigenvalue weighted by atomic mass is 16.6. The van der Waals surface area contributed by atoms with Crippen LogP contribution in [0, 0.1) is 0 Å². The minimum absolute atomic E-state index is 0.0241. The summed E-state index contributed by atoms with van der Waals surface area (Å²) in [5.74, 6) is 0.745. The fourth-order valence-corrected chi connectivity index (χ4v) is 2.21. The van der Waals surface area contributed by atoms with Crippen LogP contribution in [0.4, 0.5) is 0 Å². The van der Waals surface area contributed by atoms with Gasteiger partial charge in [-0.1, -0.05) is 6.07 Å². The van der Waals surface area contributed by atoms with Gasteiger partial charge in [0.25, 0.3) is 0 Å². The molecular weight excluding hydrogens is 310 g/mol. The van der Waals surface area contributed by atoms with Crippen LogP contribution in [0.2, 0.25) is 0 Å². The second-order valence-electron chi connectivity index (χ2n) is 5.00. The van der Waals surface area contributed by atoms with E-state index in [0.29, 0.717) is 22.6 Å². The molecule has 0 amide bonds. The van der Waals surface area contributed by atoms with E-state index in [9.17, 15) is 9.90 Å². The lowest BCUT2D eigenvalue weighted by atomic mass is 10.1. The number of phenolic OH excluding ortho intramolecular Hbond substituents is 1. The Bertz CT molecular complexity index is 837. The number of carbonyl (C=O) groups is 1. The Balaban J connectivity index is 1.90. The maximum absolute atomic E-state index is 12.0. The predicted octanol–water partition coefficient (Wildman–Crippen LogP) is 2.75. The molecule has 0 fully saturated rings. The van der Waals surface area contributed by atoms with Gasteiger partial charge in [-0.2, -0.15) is 0 Å². The monoisotopic (exact) mass is 325 g/mol. The molecule has 0 aromatic heterocycles. The van der Waals surface area contributed by atoms with Crippen molar-refractivity contribution in [1.82, 2.24) is 0 Å². The average molecular weight is 325 g/mol. The Hall–Kier alpha value is -3.28. The zero-order chi connectivity index (χ0) is 17.1. The van der Waals surface area contributed by atoms with Crippen molar-refractivity contribution in [1.29, 1.82) is 0 Å². The molecule has 6 nitrogen and oxygen atoms in total. The summed E-state index contributed by atoms with van der Waals surface area (Å²) in [5, 5.41) is 9.61. The van der Waals surface area contributed by atoms with Crippen LogP contribution in [0.1, 0.15) is 11.1 Å². The van der Waals surface area contributed by atoms with Gasteiger partial charge in [0, 0.05) is 5.56 Å². The SMILES string of the molecule is COc1ccc(C2=N/C(=C/c3ccc(O)c(OC)c3)C(=O)O2)cc1. The molecule has 2 aromatic carbocycles. The Labute approximate surface area is 138 Å². The third kappa shape index (κ3) is 3.08. The lowest BCUT2D eigenvalue weighted by molar-refractivity contribution is -0.129. The van der Waals surface area contributed by atoms with Crippen LogP contribution in [-0.4, -0.2) is 31.2 Å². The number of aliphatic imine (C=N–C) groups is 1. The van der Waals surface area contributed by atoms with Crippen LogP contribution in [0.5, 0.6) is 17.2 Å². The molecular formula is C18H15NO5. The Kier molecular flexibility index (Phi) is 4.20. The molecule has 1 aliphatic rings. The summed E-state index contributed by atoms with van der Waals surface area (Å²) in [5.41, 5.74) is 1.51. The number of cyclic esters (lactones) is 1. The first-order chi connectivity index (χ1) is 11.6. The van der Waals surface area contributed by atoms with Gasteiger partial charge in [0.2, 0.25) is 5.90 Å². The smallest absolute Gasteiger partial charge is 0.363 e. The standard InChI is InChI=1S/C18H15NO5/c1-22-13-6-4-12(5-7-13)17-19-14(18(21)24-17)9-11-3-8-15(20)16(10-11)23-2/h3-10,20H,1-2H3/b14-9+. The Morgan fingerprint density at radius 3 is 2.50 bits per heavy atom. The van der Waals surface area contributed by atoms with Gasteiger partial charge in [-0.15, -0.1) is 0 Å². The number of phenols is 1. The number of rotatable bonds is 4. The van der Waals surface area contributed by atoms with E-state index in [4.69, 9.17) is 14.2 Å². The van der Waals surface area contributed by atoms with Crippen LogP contribution in [0.15, 0.2) is 53.2 Å². The molecule has 24 heavy (non-hydrogen) atoms. The zero-order valence-corrected chi connectivity index (χ0v) is 13.1. The van der Waals surface area contributed by atoms with Gasteiger partial charge in [0.1, 0.15) is 5.75 Å². The molecule has 1 N–H and O–H groups in total. The van der Waals surface area contributed by atoms with Gasteiger partial charge >= 0.3 is 5.97 Å². The highest BCUT2D eigenvalue weighted by molar-refractivity contribution is 6.12. The number of esters is 1. The van der Waals surface area contributed by atoms with Crippen molar-refractivity contribution >= 4 is 17.9 Å². The summed E-state index contributed by atoms with van der Waals surface area (Å²) in [7, 11) is 3.03. The largest absolute Gasteiger partial charge is 0.504 e. The molecule has 0 radical (unpaired) electrons. The van der Waals surface area contributed by atoms with Crippen molar-refractivity contribution in [3.63, 3.8) is 0 Å². The van der Waals surface area contributed by atoms with Crippen molar-refractivity contribution in [2.24, 2.45) is 4.99 Å². The zero-order valence-electron chi connectivity index (χ0n) is 13.1. The molecule has 0 atom stereocenters. The van der Waals surface area contributed by atoms with Gasteiger partial charge in [-0.3, -0.25) is 0 Å². The minimum atomic E-state index is -0.534. The molecule has 1 heterocycles. The lowest BCUT2D eigenvalue weighted by Gasteiger charge is -2.03. The quantitative estimate of drug-likeness (QED) is 0.691. The van der Waals surface area contributed by atoms with E-state index in [-0.39, 0.29) is 17.3 Å². The number of nitrogens with zero attached hydrogens (tertiary/aromatic N) is 1. The van der Waals surface area contributed by atoms with E-state index in [1.807, 2.05) is 0 Å². The second kappa shape index (κ2) is 6.45. The molecule has 0 saturated carbocycles. The molecule has 1 aliphatic heterocycles. The van der Waals surface area contributed by atoms with Crippen molar-refractivity contribution in [3.05, 3.63) is 59.3 Å². The number of hydrogen-bond donors (Lipinski definition) is 1. The second-order valence-corrected chi connectivity index (χ2v) is 5.00. The summed E-state index contributed by atoms with van der Waals surface area (Å²) < 4.78 is 15.3. The molecule has 0 saturated heterocycles. The third-order valence-corrected chi connectivity index (χ3v) is 3.46. The molecule has 0 bridgehead atoms.